The number of alkyl halides is 2. The van der Waals surface area contributed by atoms with Crippen molar-refractivity contribution < 1.29 is 0 Å². The average Bonchev–Trinajstić information content (AvgIpc) is 2.32. The van der Waals surface area contributed by atoms with Crippen molar-refractivity contribution in [3.8, 4) is 0 Å². The molecule has 1 heterocycles. The van der Waals surface area contributed by atoms with Gasteiger partial charge >= 0.3 is 0 Å². The molecule has 0 N–H and O–H groups in total. The highest BCUT2D eigenvalue weighted by Crippen LogP contribution is 2.16. The molecule has 17 heavy (non-hydrogen) atoms. The van der Waals surface area contributed by atoms with E-state index in [0.717, 1.165) is 16.2 Å². The molecule has 0 bridgehead atoms. The monoisotopic (exact) mass is 357 g/mol. The molecule has 0 amide bonds. The Balaban J connectivity index is 2.59. The number of halogens is 2. The maximum Gasteiger partial charge on any atom is 0.251 e. The quantitative estimate of drug-likeness (QED) is 0.770. The van der Waals surface area contributed by atoms with Crippen molar-refractivity contribution in [3.63, 3.8) is 0 Å². The SMILES string of the molecule is Cc1ccc2c(ccc(=O)n2CC(Br)CBr)c1. The zero-order chi connectivity index (χ0) is 12.4. The molecule has 0 aliphatic heterocycles. The van der Waals surface area contributed by atoms with Crippen molar-refractivity contribution in [1.82, 2.24) is 4.57 Å². The predicted molar refractivity (Wildman–Crippen MR) is 79.5 cm³/mol. The first kappa shape index (κ1) is 12.8. The van der Waals surface area contributed by atoms with Crippen LogP contribution in [0.4, 0.5) is 0 Å². The van der Waals surface area contributed by atoms with Crippen LogP contribution in [0.15, 0.2) is 35.1 Å². The molecule has 0 radical (unpaired) electrons. The van der Waals surface area contributed by atoms with Crippen LogP contribution >= 0.6 is 31.9 Å². The van der Waals surface area contributed by atoms with Crippen LogP contribution in [0, 0.1) is 6.92 Å². The molecule has 2 aromatic rings. The molecule has 1 aromatic heterocycles. The lowest BCUT2D eigenvalue weighted by Crippen LogP contribution is -2.24. The highest BCUT2D eigenvalue weighted by Gasteiger charge is 2.08. The van der Waals surface area contributed by atoms with Crippen LogP contribution in [0.25, 0.3) is 10.9 Å². The fraction of sp³-hybridized carbons (Fsp3) is 0.308. The van der Waals surface area contributed by atoms with Gasteiger partial charge in [-0.15, -0.1) is 0 Å². The van der Waals surface area contributed by atoms with E-state index in [-0.39, 0.29) is 10.4 Å². The molecular formula is C13H13Br2NO. The maximum absolute atomic E-state index is 11.9. The Bertz CT molecular complexity index is 591. The summed E-state index contributed by atoms with van der Waals surface area (Å²) in [5.41, 5.74) is 2.25. The number of nitrogens with zero attached hydrogens (tertiary/aromatic N) is 1. The molecule has 2 nitrogen and oxygen atoms in total. The molecule has 0 saturated carbocycles. The lowest BCUT2D eigenvalue weighted by atomic mass is 10.1. The molecule has 1 atom stereocenters. The van der Waals surface area contributed by atoms with Crippen LogP contribution in [0.2, 0.25) is 0 Å². The van der Waals surface area contributed by atoms with E-state index >= 15 is 0 Å². The molecule has 1 unspecified atom stereocenters. The van der Waals surface area contributed by atoms with Crippen LogP contribution in [0.1, 0.15) is 5.56 Å². The Hall–Kier alpha value is -0.610. The van der Waals surface area contributed by atoms with Crippen molar-refractivity contribution in [3.05, 3.63) is 46.2 Å². The summed E-state index contributed by atoms with van der Waals surface area (Å²) >= 11 is 6.95. The van der Waals surface area contributed by atoms with Gasteiger partial charge in [0.25, 0.3) is 5.56 Å². The highest BCUT2D eigenvalue weighted by atomic mass is 79.9. The van der Waals surface area contributed by atoms with Crippen LogP contribution in [-0.4, -0.2) is 14.7 Å². The summed E-state index contributed by atoms with van der Waals surface area (Å²) in [4.78, 5) is 12.2. The zero-order valence-corrected chi connectivity index (χ0v) is 12.7. The average molecular weight is 359 g/mol. The summed E-state index contributed by atoms with van der Waals surface area (Å²) in [6, 6.07) is 9.67. The molecule has 0 saturated heterocycles. The first-order chi connectivity index (χ1) is 8.11. The number of benzene rings is 1. The summed E-state index contributed by atoms with van der Waals surface area (Å²) in [6.07, 6.45) is 0. The number of fused-ring (bicyclic) bond motifs is 1. The standard InChI is InChI=1S/C13H13Br2NO/c1-9-2-4-12-10(6-9)3-5-13(17)16(12)8-11(15)7-14/h2-6,11H,7-8H2,1H3. The number of aryl methyl sites for hydroxylation is 1. The normalized spacial score (nSPS) is 12.9. The first-order valence-electron chi connectivity index (χ1n) is 5.42. The van der Waals surface area contributed by atoms with Crippen molar-refractivity contribution in [2.75, 3.05) is 5.33 Å². The number of pyridine rings is 1. The van der Waals surface area contributed by atoms with Gasteiger partial charge in [-0.2, -0.15) is 0 Å². The molecule has 0 spiro atoms. The van der Waals surface area contributed by atoms with Gasteiger partial charge in [0.2, 0.25) is 0 Å². The van der Waals surface area contributed by atoms with E-state index in [1.54, 1.807) is 6.07 Å². The van der Waals surface area contributed by atoms with Gasteiger partial charge in [-0.1, -0.05) is 43.5 Å². The Morgan fingerprint density at radius 2 is 2.06 bits per heavy atom. The molecule has 4 heteroatoms. The van der Waals surface area contributed by atoms with E-state index in [4.69, 9.17) is 0 Å². The second kappa shape index (κ2) is 5.36. The predicted octanol–water partition coefficient (Wildman–Crippen LogP) is 3.47. The highest BCUT2D eigenvalue weighted by molar-refractivity contribution is 9.12. The van der Waals surface area contributed by atoms with Gasteiger partial charge in [0, 0.05) is 22.8 Å². The van der Waals surface area contributed by atoms with Gasteiger partial charge in [-0.25, -0.2) is 0 Å². The lowest BCUT2D eigenvalue weighted by Gasteiger charge is -2.13. The van der Waals surface area contributed by atoms with Crippen LogP contribution < -0.4 is 5.56 Å². The van der Waals surface area contributed by atoms with E-state index < -0.39 is 0 Å². The lowest BCUT2D eigenvalue weighted by molar-refractivity contribution is 0.704. The third kappa shape index (κ3) is 2.80. The summed E-state index contributed by atoms with van der Waals surface area (Å²) in [5, 5.41) is 1.93. The van der Waals surface area contributed by atoms with Gasteiger partial charge in [0.05, 0.1) is 5.52 Å². The Morgan fingerprint density at radius 3 is 2.76 bits per heavy atom. The second-order valence-electron chi connectivity index (χ2n) is 4.10. The Labute approximate surface area is 117 Å². The minimum absolute atomic E-state index is 0.0479. The van der Waals surface area contributed by atoms with Gasteiger partial charge in [-0.05, 0) is 30.5 Å². The Kier molecular flexibility index (Phi) is 4.05. The minimum atomic E-state index is 0.0479. The molecule has 2 rings (SSSR count). The minimum Gasteiger partial charge on any atom is -0.307 e. The second-order valence-corrected chi connectivity index (χ2v) is 6.04. The van der Waals surface area contributed by atoms with E-state index in [1.807, 2.05) is 22.8 Å². The third-order valence-electron chi connectivity index (χ3n) is 2.69. The number of hydrogen-bond donors (Lipinski definition) is 0. The molecule has 1 aromatic carbocycles. The van der Waals surface area contributed by atoms with Crippen molar-refractivity contribution in [2.24, 2.45) is 0 Å². The van der Waals surface area contributed by atoms with E-state index in [2.05, 4.69) is 44.8 Å². The Morgan fingerprint density at radius 1 is 1.29 bits per heavy atom. The van der Waals surface area contributed by atoms with E-state index in [1.165, 1.54) is 5.56 Å². The van der Waals surface area contributed by atoms with E-state index in [0.29, 0.717) is 6.54 Å². The van der Waals surface area contributed by atoms with Crippen LogP contribution in [0.3, 0.4) is 0 Å². The van der Waals surface area contributed by atoms with Crippen molar-refractivity contribution >= 4 is 42.8 Å². The van der Waals surface area contributed by atoms with Crippen LogP contribution in [-0.2, 0) is 6.54 Å². The smallest absolute Gasteiger partial charge is 0.251 e. The fourth-order valence-electron chi connectivity index (χ4n) is 1.86. The van der Waals surface area contributed by atoms with E-state index in [9.17, 15) is 4.79 Å². The molecule has 90 valence electrons. The topological polar surface area (TPSA) is 22.0 Å². The fourth-order valence-corrected chi connectivity index (χ4v) is 2.35. The van der Waals surface area contributed by atoms with Gasteiger partial charge < -0.3 is 4.57 Å². The zero-order valence-electron chi connectivity index (χ0n) is 9.49. The van der Waals surface area contributed by atoms with Gasteiger partial charge in [0.1, 0.15) is 0 Å². The molecule has 0 fully saturated rings. The largest absolute Gasteiger partial charge is 0.307 e. The molecular weight excluding hydrogens is 346 g/mol. The number of aromatic nitrogens is 1. The maximum atomic E-state index is 11.9. The number of hydrogen-bond acceptors (Lipinski definition) is 1. The molecule has 0 aliphatic carbocycles. The van der Waals surface area contributed by atoms with Crippen molar-refractivity contribution in [2.45, 2.75) is 18.3 Å². The summed E-state index contributed by atoms with van der Waals surface area (Å²) in [7, 11) is 0. The summed E-state index contributed by atoms with van der Waals surface area (Å²) in [6.45, 7) is 2.73. The van der Waals surface area contributed by atoms with Crippen molar-refractivity contribution in [1.29, 1.82) is 0 Å². The summed E-state index contributed by atoms with van der Waals surface area (Å²) in [5.74, 6) is 0. The first-order valence-corrected chi connectivity index (χ1v) is 7.46. The van der Waals surface area contributed by atoms with Gasteiger partial charge in [-0.3, -0.25) is 4.79 Å². The summed E-state index contributed by atoms with van der Waals surface area (Å²) < 4.78 is 1.81. The third-order valence-corrected chi connectivity index (χ3v) is 4.96. The number of rotatable bonds is 3. The van der Waals surface area contributed by atoms with Crippen LogP contribution in [0.5, 0.6) is 0 Å². The van der Waals surface area contributed by atoms with Gasteiger partial charge in [0.15, 0.2) is 0 Å². The molecule has 0 aliphatic rings.